The van der Waals surface area contributed by atoms with Gasteiger partial charge in [-0.1, -0.05) is 92.2 Å². The molecule has 0 bridgehead atoms. The average Bonchev–Trinajstić information content (AvgIpc) is 3.14. The average molecular weight is 368 g/mol. The fourth-order valence-corrected chi connectivity index (χ4v) is 4.23. The van der Waals surface area contributed by atoms with Crippen molar-refractivity contribution in [2.24, 2.45) is 0 Å². The molecule has 1 nitrogen and oxygen atoms in total. The Labute approximate surface area is 169 Å². The lowest BCUT2D eigenvalue weighted by Crippen LogP contribution is -2.19. The second kappa shape index (κ2) is 9.03. The SMILES string of the molecule is CCCCNCCc1ccccc1C1C(c2ccccc2)=Cc2ccccc21. The van der Waals surface area contributed by atoms with E-state index in [1.165, 1.54) is 46.2 Å². The third-order valence-corrected chi connectivity index (χ3v) is 5.68. The van der Waals surface area contributed by atoms with Gasteiger partial charge in [-0.25, -0.2) is 0 Å². The van der Waals surface area contributed by atoms with Crippen LogP contribution < -0.4 is 5.32 Å². The van der Waals surface area contributed by atoms with Gasteiger partial charge in [0.1, 0.15) is 0 Å². The van der Waals surface area contributed by atoms with E-state index in [0.717, 1.165) is 19.5 Å². The third kappa shape index (κ3) is 3.95. The highest BCUT2D eigenvalue weighted by Gasteiger charge is 2.28. The minimum Gasteiger partial charge on any atom is -0.316 e. The Balaban J connectivity index is 1.68. The lowest BCUT2D eigenvalue weighted by atomic mass is 9.82. The summed E-state index contributed by atoms with van der Waals surface area (Å²) in [6.45, 7) is 4.39. The van der Waals surface area contributed by atoms with Gasteiger partial charge in [0.05, 0.1) is 0 Å². The third-order valence-electron chi connectivity index (χ3n) is 5.68. The molecule has 0 radical (unpaired) electrons. The van der Waals surface area contributed by atoms with Gasteiger partial charge in [-0.2, -0.15) is 0 Å². The molecule has 1 aliphatic rings. The summed E-state index contributed by atoms with van der Waals surface area (Å²) in [6.07, 6.45) is 5.94. The van der Waals surface area contributed by atoms with Crippen molar-refractivity contribution < 1.29 is 0 Å². The fraction of sp³-hybridized carbons (Fsp3) is 0.259. The highest BCUT2D eigenvalue weighted by Crippen LogP contribution is 2.46. The number of hydrogen-bond donors (Lipinski definition) is 1. The van der Waals surface area contributed by atoms with E-state index in [1.807, 2.05) is 0 Å². The molecule has 0 amide bonds. The van der Waals surface area contributed by atoms with Gasteiger partial charge < -0.3 is 5.32 Å². The van der Waals surface area contributed by atoms with Gasteiger partial charge in [-0.05, 0) is 65.4 Å². The van der Waals surface area contributed by atoms with E-state index >= 15 is 0 Å². The Hall–Kier alpha value is -2.64. The van der Waals surface area contributed by atoms with Crippen LogP contribution in [0, 0.1) is 0 Å². The van der Waals surface area contributed by atoms with Crippen LogP contribution in [0.4, 0.5) is 0 Å². The molecule has 28 heavy (non-hydrogen) atoms. The Morgan fingerprint density at radius 3 is 2.29 bits per heavy atom. The highest BCUT2D eigenvalue weighted by atomic mass is 14.8. The summed E-state index contributed by atoms with van der Waals surface area (Å²) < 4.78 is 0. The molecule has 4 rings (SSSR count). The van der Waals surface area contributed by atoms with Crippen LogP contribution in [-0.4, -0.2) is 13.1 Å². The van der Waals surface area contributed by atoms with Crippen molar-refractivity contribution in [1.29, 1.82) is 0 Å². The molecule has 1 unspecified atom stereocenters. The molecule has 142 valence electrons. The standard InChI is InChI=1S/C27H29N/c1-2-3-18-28-19-17-22-13-7-9-15-24(22)27-25-16-10-8-14-23(25)20-26(27)21-11-5-4-6-12-21/h4-16,20,27-28H,2-3,17-19H2,1H3. The van der Waals surface area contributed by atoms with Crippen molar-refractivity contribution in [1.82, 2.24) is 5.32 Å². The molecule has 3 aromatic rings. The summed E-state index contributed by atoms with van der Waals surface area (Å²) in [6, 6.07) is 28.7. The Morgan fingerprint density at radius 2 is 1.46 bits per heavy atom. The molecule has 0 aromatic heterocycles. The van der Waals surface area contributed by atoms with Crippen LogP contribution in [0.3, 0.4) is 0 Å². The number of unbranched alkanes of at least 4 members (excludes halogenated alkanes) is 1. The summed E-state index contributed by atoms with van der Waals surface area (Å²) >= 11 is 0. The summed E-state index contributed by atoms with van der Waals surface area (Å²) in [5, 5.41) is 3.60. The lowest BCUT2D eigenvalue weighted by molar-refractivity contribution is 0.638. The van der Waals surface area contributed by atoms with E-state index in [0.29, 0.717) is 5.92 Å². The number of hydrogen-bond acceptors (Lipinski definition) is 1. The van der Waals surface area contributed by atoms with E-state index in [-0.39, 0.29) is 0 Å². The zero-order valence-electron chi connectivity index (χ0n) is 16.7. The quantitative estimate of drug-likeness (QED) is 0.460. The maximum Gasteiger partial charge on any atom is 0.0354 e. The van der Waals surface area contributed by atoms with Gasteiger partial charge in [-0.3, -0.25) is 0 Å². The van der Waals surface area contributed by atoms with Crippen molar-refractivity contribution in [3.63, 3.8) is 0 Å². The molecular formula is C27H29N. The second-order valence-corrected chi connectivity index (χ2v) is 7.58. The Bertz CT molecular complexity index is 939. The lowest BCUT2D eigenvalue weighted by Gasteiger charge is -2.21. The summed E-state index contributed by atoms with van der Waals surface area (Å²) in [7, 11) is 0. The summed E-state index contributed by atoms with van der Waals surface area (Å²) in [4.78, 5) is 0. The molecule has 0 spiro atoms. The number of fused-ring (bicyclic) bond motifs is 1. The predicted octanol–water partition coefficient (Wildman–Crippen LogP) is 6.30. The highest BCUT2D eigenvalue weighted by molar-refractivity contribution is 5.93. The van der Waals surface area contributed by atoms with Crippen molar-refractivity contribution in [2.75, 3.05) is 13.1 Å². The number of nitrogens with one attached hydrogen (secondary N) is 1. The number of rotatable bonds is 8. The number of allylic oxidation sites excluding steroid dienone is 1. The minimum atomic E-state index is 0.311. The Morgan fingerprint density at radius 1 is 0.750 bits per heavy atom. The topological polar surface area (TPSA) is 12.0 Å². The maximum absolute atomic E-state index is 3.60. The van der Waals surface area contributed by atoms with Crippen LogP contribution in [-0.2, 0) is 6.42 Å². The summed E-state index contributed by atoms with van der Waals surface area (Å²) in [5.41, 5.74) is 8.40. The maximum atomic E-state index is 3.60. The molecule has 0 aliphatic heterocycles. The first-order valence-corrected chi connectivity index (χ1v) is 10.5. The van der Waals surface area contributed by atoms with Gasteiger partial charge in [0.2, 0.25) is 0 Å². The van der Waals surface area contributed by atoms with Crippen molar-refractivity contribution >= 4 is 11.6 Å². The smallest absolute Gasteiger partial charge is 0.0354 e. The van der Waals surface area contributed by atoms with Gasteiger partial charge in [-0.15, -0.1) is 0 Å². The van der Waals surface area contributed by atoms with Crippen LogP contribution in [0.5, 0.6) is 0 Å². The fourth-order valence-electron chi connectivity index (χ4n) is 4.23. The molecular weight excluding hydrogens is 338 g/mol. The van der Waals surface area contributed by atoms with Crippen LogP contribution in [0.1, 0.15) is 53.5 Å². The second-order valence-electron chi connectivity index (χ2n) is 7.58. The largest absolute Gasteiger partial charge is 0.316 e. The van der Waals surface area contributed by atoms with Crippen molar-refractivity contribution in [3.05, 3.63) is 107 Å². The first-order chi connectivity index (χ1) is 13.9. The normalized spacial score (nSPS) is 15.3. The minimum absolute atomic E-state index is 0.311. The van der Waals surface area contributed by atoms with E-state index in [1.54, 1.807) is 0 Å². The van der Waals surface area contributed by atoms with Crippen LogP contribution >= 0.6 is 0 Å². The van der Waals surface area contributed by atoms with Gasteiger partial charge in [0.15, 0.2) is 0 Å². The molecule has 0 saturated heterocycles. The monoisotopic (exact) mass is 367 g/mol. The van der Waals surface area contributed by atoms with E-state index in [9.17, 15) is 0 Å². The van der Waals surface area contributed by atoms with Crippen molar-refractivity contribution in [2.45, 2.75) is 32.1 Å². The molecule has 1 heteroatoms. The molecule has 1 N–H and O–H groups in total. The molecule has 0 saturated carbocycles. The van der Waals surface area contributed by atoms with Gasteiger partial charge in [0, 0.05) is 5.92 Å². The first kappa shape index (κ1) is 18.7. The molecule has 1 atom stereocenters. The zero-order chi connectivity index (χ0) is 19.2. The zero-order valence-corrected chi connectivity index (χ0v) is 16.7. The van der Waals surface area contributed by atoms with Crippen molar-refractivity contribution in [3.8, 4) is 0 Å². The van der Waals surface area contributed by atoms with E-state index < -0.39 is 0 Å². The molecule has 1 aliphatic carbocycles. The van der Waals surface area contributed by atoms with Gasteiger partial charge >= 0.3 is 0 Å². The Kier molecular flexibility index (Phi) is 6.04. The molecule has 0 heterocycles. The summed E-state index contributed by atoms with van der Waals surface area (Å²) in [5.74, 6) is 0.311. The molecule has 3 aromatic carbocycles. The first-order valence-electron chi connectivity index (χ1n) is 10.5. The van der Waals surface area contributed by atoms with Crippen LogP contribution in [0.2, 0.25) is 0 Å². The predicted molar refractivity (Wildman–Crippen MR) is 121 cm³/mol. The molecule has 0 fully saturated rings. The van der Waals surface area contributed by atoms with E-state index in [4.69, 9.17) is 0 Å². The van der Waals surface area contributed by atoms with Crippen LogP contribution in [0.25, 0.3) is 11.6 Å². The van der Waals surface area contributed by atoms with Crippen LogP contribution in [0.15, 0.2) is 78.9 Å². The number of benzene rings is 3. The van der Waals surface area contributed by atoms with Gasteiger partial charge in [0.25, 0.3) is 0 Å². The van der Waals surface area contributed by atoms with E-state index in [2.05, 4.69) is 97.2 Å².